The molecule has 1 aliphatic carbocycles. The first-order chi connectivity index (χ1) is 7.77. The molecule has 88 valence electrons. The van der Waals surface area contributed by atoms with Gasteiger partial charge in [-0.15, -0.1) is 0 Å². The lowest BCUT2D eigenvalue weighted by atomic mass is 9.72. The Morgan fingerprint density at radius 2 is 1.75 bits per heavy atom. The van der Waals surface area contributed by atoms with E-state index < -0.39 is 0 Å². The molecule has 0 saturated heterocycles. The van der Waals surface area contributed by atoms with E-state index in [1.165, 1.54) is 37.7 Å². The summed E-state index contributed by atoms with van der Waals surface area (Å²) in [7, 11) is 0. The molecule has 0 aromatic heterocycles. The van der Waals surface area contributed by atoms with Crippen LogP contribution in [-0.2, 0) is 5.54 Å². The van der Waals surface area contributed by atoms with Crippen molar-refractivity contribution in [3.8, 4) is 0 Å². The van der Waals surface area contributed by atoms with Crippen LogP contribution in [0.1, 0.15) is 44.6 Å². The summed E-state index contributed by atoms with van der Waals surface area (Å²) < 4.78 is 0. The van der Waals surface area contributed by atoms with E-state index in [1.54, 1.807) is 0 Å². The predicted molar refractivity (Wildman–Crippen MR) is 67.7 cm³/mol. The number of nitrogens with two attached hydrogens (primary N) is 1. The lowest BCUT2D eigenvalue weighted by molar-refractivity contribution is 0.178. The summed E-state index contributed by atoms with van der Waals surface area (Å²) in [5.74, 6) is 6.48. The molecular formula is C14H22N2. The van der Waals surface area contributed by atoms with Gasteiger partial charge in [-0.25, -0.2) is 5.43 Å². The first-order valence-electron chi connectivity index (χ1n) is 6.30. The van der Waals surface area contributed by atoms with E-state index >= 15 is 0 Å². The minimum Gasteiger partial charge on any atom is -0.271 e. The largest absolute Gasteiger partial charge is 0.271 e. The lowest BCUT2D eigenvalue weighted by Gasteiger charge is -2.40. The van der Waals surface area contributed by atoms with Crippen molar-refractivity contribution >= 4 is 0 Å². The van der Waals surface area contributed by atoms with Crippen LogP contribution in [0.15, 0.2) is 30.3 Å². The van der Waals surface area contributed by atoms with Gasteiger partial charge in [0, 0.05) is 0 Å². The Balaban J connectivity index is 2.24. The number of hydrazine groups is 1. The molecule has 2 heteroatoms. The monoisotopic (exact) mass is 218 g/mol. The zero-order valence-corrected chi connectivity index (χ0v) is 10.1. The maximum Gasteiger partial charge on any atom is 0.0569 e. The third kappa shape index (κ3) is 2.13. The van der Waals surface area contributed by atoms with Gasteiger partial charge in [0.25, 0.3) is 0 Å². The topological polar surface area (TPSA) is 38.0 Å². The molecule has 1 aliphatic rings. The van der Waals surface area contributed by atoms with Gasteiger partial charge in [-0.2, -0.15) is 0 Å². The molecule has 0 aliphatic heterocycles. The van der Waals surface area contributed by atoms with Crippen molar-refractivity contribution in [2.75, 3.05) is 0 Å². The minimum atomic E-state index is -0.0678. The number of hydrogen-bond acceptors (Lipinski definition) is 2. The Hall–Kier alpha value is -0.860. The average Bonchev–Trinajstić information content (AvgIpc) is 2.40. The number of hydrogen-bond donors (Lipinski definition) is 2. The van der Waals surface area contributed by atoms with Gasteiger partial charge in [-0.05, 0) is 31.2 Å². The average molecular weight is 218 g/mol. The number of benzene rings is 1. The van der Waals surface area contributed by atoms with E-state index in [0.717, 1.165) is 0 Å². The molecule has 0 radical (unpaired) electrons. The van der Waals surface area contributed by atoms with E-state index in [-0.39, 0.29) is 5.54 Å². The summed E-state index contributed by atoms with van der Waals surface area (Å²) in [4.78, 5) is 0. The standard InChI is InChI=1S/C14H22N2/c1-14(16-15,12-8-4-2-5-9-12)13-10-6-3-7-11-13/h2,4-5,8-9,13,16H,3,6-7,10-11,15H2,1H3. The molecule has 1 aromatic carbocycles. The van der Waals surface area contributed by atoms with Crippen LogP contribution in [0, 0.1) is 5.92 Å². The maximum atomic E-state index is 5.82. The highest BCUT2D eigenvalue weighted by Gasteiger charge is 2.35. The molecule has 1 atom stereocenters. The van der Waals surface area contributed by atoms with Crippen molar-refractivity contribution in [1.29, 1.82) is 0 Å². The van der Waals surface area contributed by atoms with Crippen LogP contribution in [0.5, 0.6) is 0 Å². The summed E-state index contributed by atoms with van der Waals surface area (Å²) in [6.45, 7) is 2.23. The van der Waals surface area contributed by atoms with Crippen molar-refractivity contribution in [2.45, 2.75) is 44.6 Å². The van der Waals surface area contributed by atoms with E-state index in [9.17, 15) is 0 Å². The number of rotatable bonds is 3. The molecule has 1 saturated carbocycles. The normalized spacial score (nSPS) is 21.6. The van der Waals surface area contributed by atoms with Gasteiger partial charge < -0.3 is 0 Å². The van der Waals surface area contributed by atoms with Crippen LogP contribution in [0.4, 0.5) is 0 Å². The van der Waals surface area contributed by atoms with Crippen LogP contribution in [0.3, 0.4) is 0 Å². The van der Waals surface area contributed by atoms with Gasteiger partial charge in [0.2, 0.25) is 0 Å². The van der Waals surface area contributed by atoms with Gasteiger partial charge in [-0.3, -0.25) is 5.84 Å². The summed E-state index contributed by atoms with van der Waals surface area (Å²) in [5.41, 5.74) is 4.31. The fourth-order valence-electron chi connectivity index (χ4n) is 2.90. The van der Waals surface area contributed by atoms with Crippen molar-refractivity contribution in [3.05, 3.63) is 35.9 Å². The Morgan fingerprint density at radius 1 is 1.12 bits per heavy atom. The Kier molecular flexibility index (Phi) is 3.62. The van der Waals surface area contributed by atoms with E-state index in [0.29, 0.717) is 5.92 Å². The van der Waals surface area contributed by atoms with Crippen molar-refractivity contribution < 1.29 is 0 Å². The molecule has 1 aromatic rings. The van der Waals surface area contributed by atoms with Gasteiger partial charge in [-0.1, -0.05) is 49.6 Å². The molecule has 0 amide bonds. The second kappa shape index (κ2) is 4.98. The molecule has 16 heavy (non-hydrogen) atoms. The summed E-state index contributed by atoms with van der Waals surface area (Å²) >= 11 is 0. The van der Waals surface area contributed by atoms with E-state index in [4.69, 9.17) is 5.84 Å². The minimum absolute atomic E-state index is 0.0678. The molecule has 2 rings (SSSR count). The fourth-order valence-corrected chi connectivity index (χ4v) is 2.90. The highest BCUT2D eigenvalue weighted by molar-refractivity contribution is 5.24. The summed E-state index contributed by atoms with van der Waals surface area (Å²) in [5, 5.41) is 0. The molecule has 0 spiro atoms. The Morgan fingerprint density at radius 3 is 2.31 bits per heavy atom. The predicted octanol–water partition coefficient (Wildman–Crippen LogP) is 2.95. The third-order valence-corrected chi connectivity index (χ3v) is 4.09. The summed E-state index contributed by atoms with van der Waals surface area (Å²) in [6.07, 6.45) is 6.64. The number of nitrogens with one attached hydrogen (secondary N) is 1. The Labute approximate surface area is 98.2 Å². The van der Waals surface area contributed by atoms with Crippen LogP contribution >= 0.6 is 0 Å². The van der Waals surface area contributed by atoms with E-state index in [1.807, 2.05) is 0 Å². The highest BCUT2D eigenvalue weighted by atomic mass is 15.3. The first kappa shape index (κ1) is 11.6. The lowest BCUT2D eigenvalue weighted by Crippen LogP contribution is -2.50. The second-order valence-corrected chi connectivity index (χ2v) is 5.05. The third-order valence-electron chi connectivity index (χ3n) is 4.09. The molecule has 2 nitrogen and oxygen atoms in total. The fraction of sp³-hybridized carbons (Fsp3) is 0.571. The van der Waals surface area contributed by atoms with Gasteiger partial charge in [0.1, 0.15) is 0 Å². The zero-order valence-electron chi connectivity index (χ0n) is 10.1. The van der Waals surface area contributed by atoms with Gasteiger partial charge >= 0.3 is 0 Å². The molecule has 1 unspecified atom stereocenters. The molecule has 1 fully saturated rings. The summed E-state index contributed by atoms with van der Waals surface area (Å²) in [6, 6.07) is 10.6. The van der Waals surface area contributed by atoms with Crippen LogP contribution < -0.4 is 11.3 Å². The van der Waals surface area contributed by atoms with Gasteiger partial charge in [0.15, 0.2) is 0 Å². The highest BCUT2D eigenvalue weighted by Crippen LogP contribution is 2.38. The zero-order chi connectivity index (χ0) is 11.4. The van der Waals surface area contributed by atoms with E-state index in [2.05, 4.69) is 42.7 Å². The van der Waals surface area contributed by atoms with Crippen molar-refractivity contribution in [2.24, 2.45) is 11.8 Å². The second-order valence-electron chi connectivity index (χ2n) is 5.05. The molecular weight excluding hydrogens is 196 g/mol. The quantitative estimate of drug-likeness (QED) is 0.604. The smallest absolute Gasteiger partial charge is 0.0569 e. The van der Waals surface area contributed by atoms with Crippen LogP contribution in [-0.4, -0.2) is 0 Å². The Bertz CT molecular complexity index is 317. The molecule has 3 N–H and O–H groups in total. The maximum absolute atomic E-state index is 5.82. The van der Waals surface area contributed by atoms with Gasteiger partial charge in [0.05, 0.1) is 5.54 Å². The van der Waals surface area contributed by atoms with Crippen molar-refractivity contribution in [1.82, 2.24) is 5.43 Å². The first-order valence-corrected chi connectivity index (χ1v) is 6.30. The van der Waals surface area contributed by atoms with Crippen LogP contribution in [0.25, 0.3) is 0 Å². The molecule has 0 heterocycles. The molecule has 0 bridgehead atoms. The SMILES string of the molecule is CC(NN)(c1ccccc1)C1CCCCC1. The van der Waals surface area contributed by atoms with Crippen molar-refractivity contribution in [3.63, 3.8) is 0 Å². The van der Waals surface area contributed by atoms with Crippen LogP contribution in [0.2, 0.25) is 0 Å².